The van der Waals surface area contributed by atoms with Crippen LogP contribution in [-0.2, 0) is 0 Å². The first-order valence-electron chi connectivity index (χ1n) is 8.14. The first kappa shape index (κ1) is 19.3. The molecule has 0 aliphatic rings. The molecule has 2 N–H and O–H groups in total. The molecule has 0 aromatic heterocycles. The standard InChI is InChI=1S/C20H24N2O4/c1-20(2,22-12-15-6-8-17(26-4)10-19(15)24)13-21-11-14-5-7-16(25-3)9-18(14)23/h5-12,23-24H,13H2,1-4H3. The van der Waals surface area contributed by atoms with Gasteiger partial charge in [0.1, 0.15) is 23.0 Å². The van der Waals surface area contributed by atoms with E-state index in [0.717, 1.165) is 0 Å². The summed E-state index contributed by atoms with van der Waals surface area (Å²) in [5.41, 5.74) is 0.749. The van der Waals surface area contributed by atoms with Gasteiger partial charge < -0.3 is 19.7 Å². The molecule has 0 aliphatic carbocycles. The van der Waals surface area contributed by atoms with Crippen molar-refractivity contribution in [3.63, 3.8) is 0 Å². The molecule has 6 heteroatoms. The lowest BCUT2D eigenvalue weighted by molar-refractivity contribution is 0.407. The fourth-order valence-corrected chi connectivity index (χ4v) is 2.17. The number of aliphatic imine (C=N–C) groups is 2. The van der Waals surface area contributed by atoms with Gasteiger partial charge in [-0.25, -0.2) is 0 Å². The third kappa shape index (κ3) is 5.24. The predicted octanol–water partition coefficient (Wildman–Crippen LogP) is 3.43. The molecule has 6 nitrogen and oxygen atoms in total. The highest BCUT2D eigenvalue weighted by Crippen LogP contribution is 2.23. The Hall–Kier alpha value is -3.02. The number of rotatable bonds is 7. The summed E-state index contributed by atoms with van der Waals surface area (Å²) in [5, 5.41) is 19.9. The fourth-order valence-electron chi connectivity index (χ4n) is 2.17. The van der Waals surface area contributed by atoms with Gasteiger partial charge in [-0.1, -0.05) is 0 Å². The summed E-state index contributed by atoms with van der Waals surface area (Å²) in [4.78, 5) is 8.87. The Labute approximate surface area is 153 Å². The van der Waals surface area contributed by atoms with Gasteiger partial charge in [0.05, 0.1) is 26.3 Å². The molecule has 0 fully saturated rings. The number of phenols is 2. The van der Waals surface area contributed by atoms with Gasteiger partial charge in [0.2, 0.25) is 0 Å². The second-order valence-corrected chi connectivity index (χ2v) is 6.39. The van der Waals surface area contributed by atoms with Crippen LogP contribution in [0.25, 0.3) is 0 Å². The van der Waals surface area contributed by atoms with Crippen molar-refractivity contribution in [3.8, 4) is 23.0 Å². The maximum absolute atomic E-state index is 9.98. The van der Waals surface area contributed by atoms with E-state index >= 15 is 0 Å². The lowest BCUT2D eigenvalue weighted by Gasteiger charge is -2.16. The highest BCUT2D eigenvalue weighted by atomic mass is 16.5. The van der Waals surface area contributed by atoms with Crippen molar-refractivity contribution in [2.45, 2.75) is 19.4 Å². The van der Waals surface area contributed by atoms with Gasteiger partial charge in [0, 0.05) is 35.7 Å². The number of hydrogen-bond donors (Lipinski definition) is 2. The predicted molar refractivity (Wildman–Crippen MR) is 103 cm³/mol. The Morgan fingerprint density at radius 2 is 1.38 bits per heavy atom. The van der Waals surface area contributed by atoms with E-state index in [9.17, 15) is 10.2 Å². The molecule has 138 valence electrons. The van der Waals surface area contributed by atoms with Crippen LogP contribution < -0.4 is 9.47 Å². The zero-order valence-electron chi connectivity index (χ0n) is 15.4. The smallest absolute Gasteiger partial charge is 0.128 e. The summed E-state index contributed by atoms with van der Waals surface area (Å²) in [5.74, 6) is 1.39. The highest BCUT2D eigenvalue weighted by molar-refractivity contribution is 5.84. The topological polar surface area (TPSA) is 83.6 Å². The number of phenolic OH excluding ortho intramolecular Hbond substituents is 2. The summed E-state index contributed by atoms with van der Waals surface area (Å²) in [7, 11) is 3.09. The molecule has 2 aromatic rings. The first-order valence-corrected chi connectivity index (χ1v) is 8.14. The second-order valence-electron chi connectivity index (χ2n) is 6.39. The van der Waals surface area contributed by atoms with E-state index in [1.54, 1.807) is 57.0 Å². The van der Waals surface area contributed by atoms with Crippen LogP contribution in [0.15, 0.2) is 46.4 Å². The van der Waals surface area contributed by atoms with Crippen LogP contribution >= 0.6 is 0 Å². The van der Waals surface area contributed by atoms with Crippen molar-refractivity contribution < 1.29 is 19.7 Å². The number of nitrogens with zero attached hydrogens (tertiary/aromatic N) is 2. The minimum atomic E-state index is -0.467. The van der Waals surface area contributed by atoms with Crippen LogP contribution in [0.2, 0.25) is 0 Å². The molecular weight excluding hydrogens is 332 g/mol. The van der Waals surface area contributed by atoms with Crippen molar-refractivity contribution in [2.75, 3.05) is 20.8 Å². The summed E-state index contributed by atoms with van der Waals surface area (Å²) in [6.45, 7) is 4.30. The summed E-state index contributed by atoms with van der Waals surface area (Å²) in [6, 6.07) is 10.1. The molecule has 2 aromatic carbocycles. The van der Waals surface area contributed by atoms with Crippen molar-refractivity contribution >= 4 is 12.4 Å². The van der Waals surface area contributed by atoms with E-state index in [1.165, 1.54) is 6.07 Å². The zero-order valence-corrected chi connectivity index (χ0v) is 15.4. The summed E-state index contributed by atoms with van der Waals surface area (Å²) < 4.78 is 10.1. The Morgan fingerprint density at radius 3 is 1.85 bits per heavy atom. The lowest BCUT2D eigenvalue weighted by atomic mass is 10.1. The number of ether oxygens (including phenoxy) is 2. The van der Waals surface area contributed by atoms with Crippen molar-refractivity contribution in [1.29, 1.82) is 0 Å². The summed E-state index contributed by atoms with van der Waals surface area (Å²) in [6.07, 6.45) is 3.23. The van der Waals surface area contributed by atoms with Gasteiger partial charge in [0.15, 0.2) is 0 Å². The normalized spacial score (nSPS) is 12.0. The minimum absolute atomic E-state index is 0.107. The van der Waals surface area contributed by atoms with Gasteiger partial charge in [-0.3, -0.25) is 9.98 Å². The molecule has 0 amide bonds. The Balaban J connectivity index is 2.04. The van der Waals surface area contributed by atoms with Crippen LogP contribution in [0.4, 0.5) is 0 Å². The minimum Gasteiger partial charge on any atom is -0.507 e. The van der Waals surface area contributed by atoms with Crippen LogP contribution in [0.5, 0.6) is 23.0 Å². The van der Waals surface area contributed by atoms with Gasteiger partial charge in [-0.15, -0.1) is 0 Å². The first-order chi connectivity index (χ1) is 12.3. The largest absolute Gasteiger partial charge is 0.507 e. The van der Waals surface area contributed by atoms with Crippen molar-refractivity contribution in [2.24, 2.45) is 9.98 Å². The maximum atomic E-state index is 9.98. The molecule has 0 bridgehead atoms. The number of hydrogen-bond acceptors (Lipinski definition) is 6. The summed E-state index contributed by atoms with van der Waals surface area (Å²) >= 11 is 0. The van der Waals surface area contributed by atoms with Gasteiger partial charge in [-0.2, -0.15) is 0 Å². The van der Waals surface area contributed by atoms with Crippen LogP contribution in [0.3, 0.4) is 0 Å². The van der Waals surface area contributed by atoms with Gasteiger partial charge in [-0.05, 0) is 38.1 Å². The molecule has 0 aliphatic heterocycles. The van der Waals surface area contributed by atoms with E-state index in [4.69, 9.17) is 9.47 Å². The number of aromatic hydroxyl groups is 2. The van der Waals surface area contributed by atoms with Crippen LogP contribution in [0.1, 0.15) is 25.0 Å². The monoisotopic (exact) mass is 356 g/mol. The second kappa shape index (κ2) is 8.38. The lowest BCUT2D eigenvalue weighted by Crippen LogP contribution is -2.21. The Morgan fingerprint density at radius 1 is 0.885 bits per heavy atom. The molecule has 0 heterocycles. The molecule has 0 saturated heterocycles. The maximum Gasteiger partial charge on any atom is 0.128 e. The van der Waals surface area contributed by atoms with E-state index in [-0.39, 0.29) is 11.5 Å². The molecule has 0 radical (unpaired) electrons. The van der Waals surface area contributed by atoms with Crippen LogP contribution in [0, 0.1) is 0 Å². The molecule has 0 spiro atoms. The highest BCUT2D eigenvalue weighted by Gasteiger charge is 2.14. The SMILES string of the molecule is COc1ccc(C=NCC(C)(C)N=Cc2ccc(OC)cc2O)c(O)c1. The molecule has 26 heavy (non-hydrogen) atoms. The van der Waals surface area contributed by atoms with E-state index in [0.29, 0.717) is 29.2 Å². The molecule has 2 rings (SSSR count). The number of benzene rings is 2. The van der Waals surface area contributed by atoms with Gasteiger partial charge in [0.25, 0.3) is 0 Å². The molecule has 0 atom stereocenters. The quantitative estimate of drug-likeness (QED) is 0.745. The average Bonchev–Trinajstić information content (AvgIpc) is 2.61. The third-order valence-corrected chi connectivity index (χ3v) is 3.74. The average molecular weight is 356 g/mol. The van der Waals surface area contributed by atoms with Gasteiger partial charge >= 0.3 is 0 Å². The fraction of sp³-hybridized carbons (Fsp3) is 0.300. The van der Waals surface area contributed by atoms with E-state index in [2.05, 4.69) is 9.98 Å². The van der Waals surface area contributed by atoms with E-state index < -0.39 is 5.54 Å². The Kier molecular flexibility index (Phi) is 6.22. The molecule has 0 unspecified atom stereocenters. The molecular formula is C20H24N2O4. The zero-order chi connectivity index (χ0) is 19.2. The Bertz CT molecular complexity index is 813. The third-order valence-electron chi connectivity index (χ3n) is 3.74. The molecule has 0 saturated carbocycles. The van der Waals surface area contributed by atoms with E-state index in [1.807, 2.05) is 13.8 Å². The van der Waals surface area contributed by atoms with Crippen molar-refractivity contribution in [1.82, 2.24) is 0 Å². The van der Waals surface area contributed by atoms with Crippen LogP contribution in [-0.4, -0.2) is 48.9 Å². The van der Waals surface area contributed by atoms with Crippen molar-refractivity contribution in [3.05, 3.63) is 47.5 Å². The number of methoxy groups -OCH3 is 2.